The fraction of sp³-hybridized carbons (Fsp3) is 0.720. The number of esters is 2. The minimum absolute atomic E-state index is 0.160. The van der Waals surface area contributed by atoms with Crippen molar-refractivity contribution in [1.82, 2.24) is 5.32 Å². The van der Waals surface area contributed by atoms with E-state index in [9.17, 15) is 14.4 Å². The third-order valence-corrected chi connectivity index (χ3v) is 7.87. The molecule has 31 heavy (non-hydrogen) atoms. The van der Waals surface area contributed by atoms with E-state index in [1.165, 1.54) is 25.4 Å². The van der Waals surface area contributed by atoms with Crippen LogP contribution in [-0.4, -0.2) is 38.1 Å². The van der Waals surface area contributed by atoms with Crippen molar-refractivity contribution in [2.24, 2.45) is 29.1 Å². The molecule has 0 unspecified atom stereocenters. The van der Waals surface area contributed by atoms with Crippen LogP contribution in [0.15, 0.2) is 23.3 Å². The summed E-state index contributed by atoms with van der Waals surface area (Å²) in [5, 5.41) is 2.82. The SMILES string of the molecule is COC(=O)C[C@H](NC(=O)[C@]1(C)CCC[C@H]2[C@H]1CC=C1C=C(C(C)C)CC[C@@H]12)C(=O)OC. The Morgan fingerprint density at radius 3 is 2.58 bits per heavy atom. The number of nitrogens with one attached hydrogen (secondary N) is 1. The van der Waals surface area contributed by atoms with Crippen LogP contribution in [0.4, 0.5) is 0 Å². The lowest BCUT2D eigenvalue weighted by atomic mass is 9.53. The highest BCUT2D eigenvalue weighted by Gasteiger charge is 2.51. The Labute approximate surface area is 185 Å². The normalized spacial score (nSPS) is 30.8. The fourth-order valence-corrected chi connectivity index (χ4v) is 5.94. The van der Waals surface area contributed by atoms with Gasteiger partial charge in [0, 0.05) is 5.41 Å². The van der Waals surface area contributed by atoms with Crippen LogP contribution in [0, 0.1) is 29.1 Å². The minimum Gasteiger partial charge on any atom is -0.469 e. The number of carbonyl (C=O) groups is 3. The number of allylic oxidation sites excluding steroid dienone is 4. The van der Waals surface area contributed by atoms with Gasteiger partial charge in [0.25, 0.3) is 0 Å². The van der Waals surface area contributed by atoms with Crippen LogP contribution in [0.3, 0.4) is 0 Å². The van der Waals surface area contributed by atoms with Gasteiger partial charge in [0.05, 0.1) is 20.6 Å². The van der Waals surface area contributed by atoms with Crippen LogP contribution in [0.1, 0.15) is 65.7 Å². The van der Waals surface area contributed by atoms with Gasteiger partial charge in [-0.25, -0.2) is 4.79 Å². The molecule has 3 rings (SSSR count). The molecule has 0 radical (unpaired) electrons. The topological polar surface area (TPSA) is 81.7 Å². The summed E-state index contributed by atoms with van der Waals surface area (Å²) in [4.78, 5) is 37.4. The monoisotopic (exact) mass is 431 g/mol. The summed E-state index contributed by atoms with van der Waals surface area (Å²) >= 11 is 0. The van der Waals surface area contributed by atoms with Crippen molar-refractivity contribution in [2.75, 3.05) is 14.2 Å². The lowest BCUT2D eigenvalue weighted by Crippen LogP contribution is -2.54. The zero-order valence-electron chi connectivity index (χ0n) is 19.5. The van der Waals surface area contributed by atoms with E-state index in [-0.39, 0.29) is 18.2 Å². The molecular weight excluding hydrogens is 394 g/mol. The average molecular weight is 432 g/mol. The van der Waals surface area contributed by atoms with E-state index >= 15 is 0 Å². The molecule has 5 atom stereocenters. The second-order valence-electron chi connectivity index (χ2n) is 9.87. The average Bonchev–Trinajstić information content (AvgIpc) is 2.77. The van der Waals surface area contributed by atoms with Gasteiger partial charge < -0.3 is 14.8 Å². The predicted octanol–water partition coefficient (Wildman–Crippen LogP) is 3.95. The third kappa shape index (κ3) is 4.73. The van der Waals surface area contributed by atoms with Crippen LogP contribution in [0.5, 0.6) is 0 Å². The summed E-state index contributed by atoms with van der Waals surface area (Å²) < 4.78 is 9.49. The van der Waals surface area contributed by atoms with Crippen molar-refractivity contribution in [3.8, 4) is 0 Å². The fourth-order valence-electron chi connectivity index (χ4n) is 5.94. The first kappa shape index (κ1) is 23.6. The van der Waals surface area contributed by atoms with E-state index in [0.29, 0.717) is 17.8 Å². The lowest BCUT2D eigenvalue weighted by Gasteiger charge is -2.51. The van der Waals surface area contributed by atoms with Gasteiger partial charge in [0.15, 0.2) is 0 Å². The first-order valence-electron chi connectivity index (χ1n) is 11.6. The van der Waals surface area contributed by atoms with Crippen molar-refractivity contribution in [3.05, 3.63) is 23.3 Å². The maximum atomic E-state index is 13.5. The summed E-state index contributed by atoms with van der Waals surface area (Å²) in [5.74, 6) is 0.466. The molecule has 3 aliphatic rings. The molecule has 6 heteroatoms. The molecule has 3 aliphatic carbocycles. The van der Waals surface area contributed by atoms with Gasteiger partial charge >= 0.3 is 11.9 Å². The lowest BCUT2D eigenvalue weighted by molar-refractivity contribution is -0.153. The maximum absolute atomic E-state index is 13.5. The van der Waals surface area contributed by atoms with E-state index in [1.54, 1.807) is 0 Å². The smallest absolute Gasteiger partial charge is 0.328 e. The molecule has 1 saturated carbocycles. The number of rotatable bonds is 6. The first-order chi connectivity index (χ1) is 14.7. The van der Waals surface area contributed by atoms with E-state index in [4.69, 9.17) is 4.74 Å². The Balaban J connectivity index is 1.81. The van der Waals surface area contributed by atoms with Gasteiger partial charge in [-0.3, -0.25) is 9.59 Å². The zero-order valence-corrected chi connectivity index (χ0v) is 19.5. The van der Waals surface area contributed by atoms with Crippen LogP contribution in [-0.2, 0) is 23.9 Å². The molecule has 0 aromatic heterocycles. The molecule has 0 spiro atoms. The molecular formula is C25H37NO5. The molecule has 1 N–H and O–H groups in total. The van der Waals surface area contributed by atoms with Crippen molar-refractivity contribution in [2.45, 2.75) is 71.8 Å². The van der Waals surface area contributed by atoms with Crippen molar-refractivity contribution < 1.29 is 23.9 Å². The van der Waals surface area contributed by atoms with Crippen molar-refractivity contribution in [1.29, 1.82) is 0 Å². The van der Waals surface area contributed by atoms with Crippen molar-refractivity contribution >= 4 is 17.8 Å². The van der Waals surface area contributed by atoms with Gasteiger partial charge in [0.2, 0.25) is 5.91 Å². The Morgan fingerprint density at radius 1 is 1.19 bits per heavy atom. The van der Waals surface area contributed by atoms with E-state index < -0.39 is 23.4 Å². The first-order valence-corrected chi connectivity index (χ1v) is 11.6. The van der Waals surface area contributed by atoms with Gasteiger partial charge in [-0.15, -0.1) is 0 Å². The number of fused-ring (bicyclic) bond motifs is 3. The quantitative estimate of drug-likeness (QED) is 0.644. The van der Waals surface area contributed by atoms with Crippen LogP contribution in [0.25, 0.3) is 0 Å². The van der Waals surface area contributed by atoms with E-state index in [0.717, 1.165) is 38.5 Å². The predicted molar refractivity (Wildman–Crippen MR) is 118 cm³/mol. The molecule has 0 aromatic carbocycles. The molecule has 0 aliphatic heterocycles. The Kier molecular flexibility index (Phi) is 7.28. The minimum atomic E-state index is -1.02. The second kappa shape index (κ2) is 9.58. The number of ether oxygens (including phenoxy) is 2. The molecule has 172 valence electrons. The Bertz CT molecular complexity index is 783. The Hall–Kier alpha value is -2.11. The molecule has 0 bridgehead atoms. The second-order valence-corrected chi connectivity index (χ2v) is 9.87. The van der Waals surface area contributed by atoms with Gasteiger partial charge in [0.1, 0.15) is 6.04 Å². The van der Waals surface area contributed by atoms with Crippen LogP contribution < -0.4 is 5.32 Å². The molecule has 0 aromatic rings. The highest BCUT2D eigenvalue weighted by molar-refractivity contribution is 5.90. The third-order valence-electron chi connectivity index (χ3n) is 7.87. The summed E-state index contributed by atoms with van der Waals surface area (Å²) in [6.45, 7) is 6.54. The Morgan fingerprint density at radius 2 is 1.94 bits per heavy atom. The maximum Gasteiger partial charge on any atom is 0.328 e. The molecule has 0 heterocycles. The zero-order chi connectivity index (χ0) is 22.8. The highest BCUT2D eigenvalue weighted by Crippen LogP contribution is 2.55. The molecule has 6 nitrogen and oxygen atoms in total. The van der Waals surface area contributed by atoms with Gasteiger partial charge in [-0.2, -0.15) is 0 Å². The van der Waals surface area contributed by atoms with Gasteiger partial charge in [-0.1, -0.05) is 44.9 Å². The number of hydrogen-bond donors (Lipinski definition) is 1. The largest absolute Gasteiger partial charge is 0.469 e. The van der Waals surface area contributed by atoms with Crippen LogP contribution >= 0.6 is 0 Å². The molecule has 0 saturated heterocycles. The standard InChI is InChI=1S/C25H37NO5/c1-15(2)16-8-10-18-17(13-16)9-11-20-19(18)7-6-12-25(20,3)24(29)26-21(23(28)31-5)14-22(27)30-4/h9,13,15,18-21H,6-8,10-12,14H2,1-5H3,(H,26,29)/t18-,19+,20+,21-,25+/m0/s1. The number of amides is 1. The number of carbonyl (C=O) groups excluding carboxylic acids is 3. The summed E-state index contributed by atoms with van der Waals surface area (Å²) in [5.41, 5.74) is 2.41. The van der Waals surface area contributed by atoms with Gasteiger partial charge in [-0.05, 0) is 61.3 Å². The summed E-state index contributed by atoms with van der Waals surface area (Å²) in [6.07, 6.45) is 10.6. The van der Waals surface area contributed by atoms with E-state index in [2.05, 4.69) is 36.1 Å². The van der Waals surface area contributed by atoms with Crippen LogP contribution in [0.2, 0.25) is 0 Å². The highest BCUT2D eigenvalue weighted by atomic mass is 16.5. The number of hydrogen-bond acceptors (Lipinski definition) is 5. The summed E-state index contributed by atoms with van der Waals surface area (Å²) in [6, 6.07) is -1.02. The molecule has 1 fully saturated rings. The van der Waals surface area contributed by atoms with Crippen molar-refractivity contribution in [3.63, 3.8) is 0 Å². The molecule has 1 amide bonds. The van der Waals surface area contributed by atoms with E-state index in [1.807, 2.05) is 6.92 Å². The number of methoxy groups -OCH3 is 2. The summed E-state index contributed by atoms with van der Waals surface area (Å²) in [7, 11) is 2.52.